The highest BCUT2D eigenvalue weighted by atomic mass is 16.2. The van der Waals surface area contributed by atoms with Crippen LogP contribution in [0, 0.1) is 20.8 Å². The van der Waals surface area contributed by atoms with Crippen LogP contribution in [0.3, 0.4) is 0 Å². The Morgan fingerprint density at radius 2 is 1.73 bits per heavy atom. The SMILES string of the molecule is Cc1nc(N2CCN(C(=O)NC(C)C)CC2)c2c(C)nn(-c3ccccc3C)c2n1. The Labute approximate surface area is 176 Å². The maximum absolute atomic E-state index is 12.3. The van der Waals surface area contributed by atoms with Gasteiger partial charge in [0, 0.05) is 32.2 Å². The van der Waals surface area contributed by atoms with E-state index in [1.54, 1.807) is 0 Å². The van der Waals surface area contributed by atoms with E-state index in [1.807, 2.05) is 49.4 Å². The molecule has 3 heterocycles. The Bertz CT molecular complexity index is 1080. The summed E-state index contributed by atoms with van der Waals surface area (Å²) in [5.41, 5.74) is 3.90. The number of carbonyl (C=O) groups excluding carboxylic acids is 1. The predicted molar refractivity (Wildman–Crippen MR) is 118 cm³/mol. The molecule has 0 unspecified atom stereocenters. The summed E-state index contributed by atoms with van der Waals surface area (Å²) < 4.78 is 1.92. The summed E-state index contributed by atoms with van der Waals surface area (Å²) in [7, 11) is 0. The van der Waals surface area contributed by atoms with E-state index in [4.69, 9.17) is 15.1 Å². The van der Waals surface area contributed by atoms with Gasteiger partial charge in [-0.3, -0.25) is 0 Å². The molecule has 0 spiro atoms. The average Bonchev–Trinajstić information content (AvgIpc) is 3.03. The summed E-state index contributed by atoms with van der Waals surface area (Å²) in [5, 5.41) is 8.75. The van der Waals surface area contributed by atoms with Crippen molar-refractivity contribution < 1.29 is 4.79 Å². The normalized spacial score (nSPS) is 14.6. The van der Waals surface area contributed by atoms with Crippen LogP contribution in [0.15, 0.2) is 24.3 Å². The Hall–Kier alpha value is -3.16. The molecule has 8 heteroatoms. The van der Waals surface area contributed by atoms with Crippen LogP contribution in [0.4, 0.5) is 10.6 Å². The van der Waals surface area contributed by atoms with Gasteiger partial charge in [-0.1, -0.05) is 18.2 Å². The van der Waals surface area contributed by atoms with Crippen molar-refractivity contribution >= 4 is 22.9 Å². The van der Waals surface area contributed by atoms with Gasteiger partial charge < -0.3 is 15.1 Å². The van der Waals surface area contributed by atoms with Gasteiger partial charge in [0.05, 0.1) is 16.8 Å². The van der Waals surface area contributed by atoms with Crippen LogP contribution in [0.25, 0.3) is 16.7 Å². The molecule has 4 rings (SSSR count). The van der Waals surface area contributed by atoms with Crippen molar-refractivity contribution in [3.8, 4) is 5.69 Å². The lowest BCUT2D eigenvalue weighted by atomic mass is 10.2. The number of fused-ring (bicyclic) bond motifs is 1. The zero-order valence-corrected chi connectivity index (χ0v) is 18.3. The minimum atomic E-state index is -0.00258. The largest absolute Gasteiger partial charge is 0.352 e. The molecule has 1 aliphatic heterocycles. The zero-order valence-electron chi connectivity index (χ0n) is 18.3. The molecular formula is C22H29N7O. The zero-order chi connectivity index (χ0) is 21.4. The minimum absolute atomic E-state index is 0.00258. The first-order valence-electron chi connectivity index (χ1n) is 10.5. The molecule has 2 amide bonds. The van der Waals surface area contributed by atoms with Crippen LogP contribution >= 0.6 is 0 Å². The number of hydrogen-bond acceptors (Lipinski definition) is 5. The van der Waals surface area contributed by atoms with Gasteiger partial charge in [-0.25, -0.2) is 19.4 Å². The fourth-order valence-corrected chi connectivity index (χ4v) is 3.92. The summed E-state index contributed by atoms with van der Waals surface area (Å²) in [6.07, 6.45) is 0. The standard InChI is InChI=1S/C22H29N7O/c1-14(2)23-22(30)28-12-10-27(11-13-28)20-19-16(4)26-29(21(19)25-17(5)24-20)18-9-7-6-8-15(18)3/h6-9,14H,10-13H2,1-5H3,(H,23,30). The molecule has 2 aromatic heterocycles. The van der Waals surface area contributed by atoms with Crippen molar-refractivity contribution in [2.24, 2.45) is 0 Å². The second-order valence-corrected chi connectivity index (χ2v) is 8.16. The Balaban J connectivity index is 1.68. The van der Waals surface area contributed by atoms with E-state index >= 15 is 0 Å². The number of amides is 2. The van der Waals surface area contributed by atoms with E-state index in [9.17, 15) is 4.79 Å². The van der Waals surface area contributed by atoms with E-state index < -0.39 is 0 Å². The van der Waals surface area contributed by atoms with Gasteiger partial charge >= 0.3 is 6.03 Å². The molecular weight excluding hydrogens is 378 g/mol. The molecule has 0 atom stereocenters. The predicted octanol–water partition coefficient (Wildman–Crippen LogP) is 2.98. The van der Waals surface area contributed by atoms with Gasteiger partial charge in [0.25, 0.3) is 0 Å². The van der Waals surface area contributed by atoms with Crippen molar-refractivity contribution in [1.29, 1.82) is 0 Å². The number of aryl methyl sites for hydroxylation is 3. The van der Waals surface area contributed by atoms with Gasteiger partial charge in [-0.05, 0) is 46.2 Å². The quantitative estimate of drug-likeness (QED) is 0.722. The van der Waals surface area contributed by atoms with Gasteiger partial charge in [0.2, 0.25) is 0 Å². The highest BCUT2D eigenvalue weighted by Gasteiger charge is 2.26. The third-order valence-corrected chi connectivity index (χ3v) is 5.42. The summed E-state index contributed by atoms with van der Waals surface area (Å²) in [6, 6.07) is 8.31. The second kappa shape index (κ2) is 7.93. The van der Waals surface area contributed by atoms with E-state index in [-0.39, 0.29) is 12.1 Å². The van der Waals surface area contributed by atoms with Crippen LogP contribution in [0.5, 0.6) is 0 Å². The highest BCUT2D eigenvalue weighted by Crippen LogP contribution is 2.30. The number of nitrogens with one attached hydrogen (secondary N) is 1. The van der Waals surface area contributed by atoms with E-state index in [0.717, 1.165) is 46.9 Å². The number of anilines is 1. The summed E-state index contributed by atoms with van der Waals surface area (Å²) in [5.74, 6) is 1.62. The van der Waals surface area contributed by atoms with Crippen LogP contribution in [0.2, 0.25) is 0 Å². The first-order valence-corrected chi connectivity index (χ1v) is 10.5. The molecule has 1 N–H and O–H groups in total. The maximum Gasteiger partial charge on any atom is 0.317 e. The lowest BCUT2D eigenvalue weighted by Gasteiger charge is -2.36. The third-order valence-electron chi connectivity index (χ3n) is 5.42. The number of benzene rings is 1. The molecule has 0 radical (unpaired) electrons. The number of nitrogens with zero attached hydrogens (tertiary/aromatic N) is 6. The molecule has 0 aliphatic carbocycles. The number of carbonyl (C=O) groups is 1. The van der Waals surface area contributed by atoms with Crippen LogP contribution in [-0.4, -0.2) is 62.9 Å². The molecule has 158 valence electrons. The van der Waals surface area contributed by atoms with Crippen molar-refractivity contribution in [1.82, 2.24) is 30.0 Å². The van der Waals surface area contributed by atoms with Gasteiger partial charge in [0.15, 0.2) is 5.65 Å². The summed E-state index contributed by atoms with van der Waals surface area (Å²) in [4.78, 5) is 25.9. The van der Waals surface area contributed by atoms with Crippen molar-refractivity contribution in [3.63, 3.8) is 0 Å². The fraction of sp³-hybridized carbons (Fsp3) is 0.455. The van der Waals surface area contributed by atoms with E-state index in [1.165, 1.54) is 0 Å². The second-order valence-electron chi connectivity index (χ2n) is 8.16. The summed E-state index contributed by atoms with van der Waals surface area (Å²) in [6.45, 7) is 12.7. The number of aromatic nitrogens is 4. The maximum atomic E-state index is 12.3. The topological polar surface area (TPSA) is 79.2 Å². The number of piperazine rings is 1. The number of para-hydroxylation sites is 1. The van der Waals surface area contributed by atoms with Crippen LogP contribution < -0.4 is 10.2 Å². The fourth-order valence-electron chi connectivity index (χ4n) is 3.92. The van der Waals surface area contributed by atoms with Gasteiger partial charge in [-0.15, -0.1) is 0 Å². The molecule has 8 nitrogen and oxygen atoms in total. The van der Waals surface area contributed by atoms with Crippen LogP contribution in [0.1, 0.15) is 30.9 Å². The first-order chi connectivity index (χ1) is 14.3. The number of rotatable bonds is 3. The van der Waals surface area contributed by atoms with Gasteiger partial charge in [0.1, 0.15) is 11.6 Å². The minimum Gasteiger partial charge on any atom is -0.352 e. The molecule has 30 heavy (non-hydrogen) atoms. The molecule has 0 bridgehead atoms. The molecule has 1 aromatic carbocycles. The van der Waals surface area contributed by atoms with E-state index in [0.29, 0.717) is 18.9 Å². The highest BCUT2D eigenvalue weighted by molar-refractivity contribution is 5.91. The smallest absolute Gasteiger partial charge is 0.317 e. The first kappa shape index (κ1) is 20.1. The molecule has 3 aromatic rings. The number of urea groups is 1. The molecule has 1 saturated heterocycles. The van der Waals surface area contributed by atoms with Crippen molar-refractivity contribution in [2.45, 2.75) is 40.7 Å². The van der Waals surface area contributed by atoms with Crippen molar-refractivity contribution in [2.75, 3.05) is 31.1 Å². The van der Waals surface area contributed by atoms with Crippen molar-refractivity contribution in [3.05, 3.63) is 41.3 Å². The summed E-state index contributed by atoms with van der Waals surface area (Å²) >= 11 is 0. The number of hydrogen-bond donors (Lipinski definition) is 1. The monoisotopic (exact) mass is 407 g/mol. The Kier molecular flexibility index (Phi) is 5.32. The molecule has 1 aliphatic rings. The third kappa shape index (κ3) is 3.69. The van der Waals surface area contributed by atoms with E-state index in [2.05, 4.69) is 29.3 Å². The lowest BCUT2D eigenvalue weighted by Crippen LogP contribution is -2.53. The molecule has 1 fully saturated rings. The Morgan fingerprint density at radius 3 is 2.40 bits per heavy atom. The van der Waals surface area contributed by atoms with Gasteiger partial charge in [-0.2, -0.15) is 5.10 Å². The van der Waals surface area contributed by atoms with Crippen LogP contribution in [-0.2, 0) is 0 Å². The Morgan fingerprint density at radius 1 is 1.03 bits per heavy atom. The average molecular weight is 408 g/mol. The molecule has 0 saturated carbocycles. The lowest BCUT2D eigenvalue weighted by molar-refractivity contribution is 0.192.